The number of hydrogen-bond donors (Lipinski definition) is 1. The zero-order chi connectivity index (χ0) is 12.1. The van der Waals surface area contributed by atoms with Crippen molar-refractivity contribution in [1.29, 1.82) is 0 Å². The maximum atomic E-state index is 11.8. The van der Waals surface area contributed by atoms with E-state index in [-0.39, 0.29) is 5.78 Å². The molecular weight excluding hydrogens is 216 g/mol. The van der Waals surface area contributed by atoms with Crippen LogP contribution in [0.3, 0.4) is 0 Å². The molecule has 0 unspecified atom stereocenters. The van der Waals surface area contributed by atoms with Crippen molar-refractivity contribution in [3.05, 3.63) is 54.1 Å². The largest absolute Gasteiger partial charge is 0.497 e. The molecule has 86 valence electrons. The third kappa shape index (κ3) is 2.81. The van der Waals surface area contributed by atoms with Crippen LogP contribution < -0.4 is 4.74 Å². The van der Waals surface area contributed by atoms with Crippen LogP contribution in [0.15, 0.2) is 42.7 Å². The van der Waals surface area contributed by atoms with Crippen LogP contribution in [0.4, 0.5) is 0 Å². The lowest BCUT2D eigenvalue weighted by atomic mass is 10.1. The highest BCUT2D eigenvalue weighted by Crippen LogP contribution is 2.12. The molecule has 0 saturated heterocycles. The zero-order valence-corrected chi connectivity index (χ0v) is 9.38. The van der Waals surface area contributed by atoms with Gasteiger partial charge in [0.1, 0.15) is 11.6 Å². The quantitative estimate of drug-likeness (QED) is 0.645. The number of ketones is 1. The fraction of sp³-hybridized carbons (Fsp3) is 0.0769. The molecule has 0 aliphatic heterocycles. The number of allylic oxidation sites excluding steroid dienone is 1. The standard InChI is InChI=1S/C13H12N2O2/c1-17-11-4-2-10(3-5-11)12(16)6-7-13-14-8-9-15-13/h2-9H,1H3,(H,14,15). The molecule has 0 spiro atoms. The van der Waals surface area contributed by atoms with Crippen LogP contribution in [0, 0.1) is 0 Å². The van der Waals surface area contributed by atoms with E-state index in [4.69, 9.17) is 4.74 Å². The number of carbonyl (C=O) groups is 1. The minimum absolute atomic E-state index is 0.0657. The van der Waals surface area contributed by atoms with Crippen LogP contribution >= 0.6 is 0 Å². The number of rotatable bonds is 4. The molecule has 0 aliphatic rings. The predicted molar refractivity (Wildman–Crippen MR) is 64.9 cm³/mol. The van der Waals surface area contributed by atoms with Crippen molar-refractivity contribution in [3.63, 3.8) is 0 Å². The highest BCUT2D eigenvalue weighted by Gasteiger charge is 2.01. The van der Waals surface area contributed by atoms with Crippen LogP contribution in [0.1, 0.15) is 16.2 Å². The van der Waals surface area contributed by atoms with Gasteiger partial charge >= 0.3 is 0 Å². The molecule has 2 aromatic rings. The molecule has 0 amide bonds. The normalized spacial score (nSPS) is 10.6. The number of hydrogen-bond acceptors (Lipinski definition) is 3. The van der Waals surface area contributed by atoms with E-state index in [1.54, 1.807) is 49.8 Å². The second-order valence-electron chi connectivity index (χ2n) is 3.40. The van der Waals surface area contributed by atoms with Crippen molar-refractivity contribution in [2.45, 2.75) is 0 Å². The van der Waals surface area contributed by atoms with Gasteiger partial charge in [-0.05, 0) is 36.4 Å². The van der Waals surface area contributed by atoms with Gasteiger partial charge in [0, 0.05) is 18.0 Å². The summed E-state index contributed by atoms with van der Waals surface area (Å²) in [6, 6.07) is 6.98. The van der Waals surface area contributed by atoms with Gasteiger partial charge in [-0.25, -0.2) is 4.98 Å². The summed E-state index contributed by atoms with van der Waals surface area (Å²) in [5.41, 5.74) is 0.619. The number of methoxy groups -OCH3 is 1. The predicted octanol–water partition coefficient (Wildman–Crippen LogP) is 2.31. The lowest BCUT2D eigenvalue weighted by Gasteiger charge is -1.99. The molecule has 1 N–H and O–H groups in total. The Labute approximate surface area is 99.0 Å². The lowest BCUT2D eigenvalue weighted by Crippen LogP contribution is -1.94. The molecule has 0 aliphatic carbocycles. The molecule has 1 aromatic heterocycles. The first kappa shape index (κ1) is 11.1. The van der Waals surface area contributed by atoms with Crippen molar-refractivity contribution in [1.82, 2.24) is 9.97 Å². The molecule has 0 radical (unpaired) electrons. The first-order chi connectivity index (χ1) is 8.29. The molecule has 17 heavy (non-hydrogen) atoms. The van der Waals surface area contributed by atoms with E-state index in [0.717, 1.165) is 5.75 Å². The van der Waals surface area contributed by atoms with E-state index in [1.807, 2.05) is 0 Å². The maximum Gasteiger partial charge on any atom is 0.185 e. The van der Waals surface area contributed by atoms with E-state index < -0.39 is 0 Å². The summed E-state index contributed by atoms with van der Waals surface area (Å²) in [5.74, 6) is 1.33. The number of aromatic amines is 1. The third-order valence-electron chi connectivity index (χ3n) is 2.29. The van der Waals surface area contributed by atoms with Crippen molar-refractivity contribution in [2.75, 3.05) is 7.11 Å². The van der Waals surface area contributed by atoms with Gasteiger partial charge in [-0.3, -0.25) is 4.79 Å². The van der Waals surface area contributed by atoms with Crippen molar-refractivity contribution in [3.8, 4) is 5.75 Å². The average Bonchev–Trinajstić information content (AvgIpc) is 2.89. The van der Waals surface area contributed by atoms with Crippen LogP contribution in [0.2, 0.25) is 0 Å². The monoisotopic (exact) mass is 228 g/mol. The van der Waals surface area contributed by atoms with Gasteiger partial charge in [0.2, 0.25) is 0 Å². The molecule has 1 heterocycles. The van der Waals surface area contributed by atoms with Crippen LogP contribution in [-0.2, 0) is 0 Å². The Kier molecular flexibility index (Phi) is 3.35. The number of nitrogens with zero attached hydrogens (tertiary/aromatic N) is 1. The highest BCUT2D eigenvalue weighted by atomic mass is 16.5. The Hall–Kier alpha value is -2.36. The smallest absolute Gasteiger partial charge is 0.185 e. The van der Waals surface area contributed by atoms with Crippen LogP contribution in [0.25, 0.3) is 6.08 Å². The number of ether oxygens (including phenoxy) is 1. The number of carbonyl (C=O) groups excluding carboxylic acids is 1. The summed E-state index contributed by atoms with van der Waals surface area (Å²) in [6.45, 7) is 0. The summed E-state index contributed by atoms with van der Waals surface area (Å²) in [4.78, 5) is 18.7. The first-order valence-corrected chi connectivity index (χ1v) is 5.15. The Bertz CT molecular complexity index is 513. The van der Waals surface area contributed by atoms with Gasteiger partial charge in [-0.2, -0.15) is 0 Å². The summed E-state index contributed by atoms with van der Waals surface area (Å²) in [6.07, 6.45) is 6.47. The summed E-state index contributed by atoms with van der Waals surface area (Å²) in [5, 5.41) is 0. The number of H-pyrrole nitrogens is 1. The van der Waals surface area contributed by atoms with Gasteiger partial charge in [0.25, 0.3) is 0 Å². The Morgan fingerprint density at radius 3 is 2.71 bits per heavy atom. The van der Waals surface area contributed by atoms with Gasteiger partial charge in [-0.15, -0.1) is 0 Å². The Morgan fingerprint density at radius 1 is 1.35 bits per heavy atom. The van der Waals surface area contributed by atoms with Crippen molar-refractivity contribution < 1.29 is 9.53 Å². The van der Waals surface area contributed by atoms with Gasteiger partial charge < -0.3 is 9.72 Å². The van der Waals surface area contributed by atoms with Crippen molar-refractivity contribution >= 4 is 11.9 Å². The average molecular weight is 228 g/mol. The first-order valence-electron chi connectivity index (χ1n) is 5.15. The van der Waals surface area contributed by atoms with Gasteiger partial charge in [-0.1, -0.05) is 0 Å². The van der Waals surface area contributed by atoms with Crippen LogP contribution in [0.5, 0.6) is 5.75 Å². The molecule has 4 heteroatoms. The van der Waals surface area contributed by atoms with E-state index in [2.05, 4.69) is 9.97 Å². The molecule has 0 atom stereocenters. The second-order valence-corrected chi connectivity index (χ2v) is 3.40. The number of aromatic nitrogens is 2. The molecule has 0 saturated carbocycles. The Morgan fingerprint density at radius 2 is 2.12 bits per heavy atom. The molecule has 1 aromatic carbocycles. The number of benzene rings is 1. The Balaban J connectivity index is 2.09. The van der Waals surface area contributed by atoms with E-state index >= 15 is 0 Å². The van der Waals surface area contributed by atoms with Crippen LogP contribution in [-0.4, -0.2) is 22.9 Å². The fourth-order valence-electron chi connectivity index (χ4n) is 1.37. The second kappa shape index (κ2) is 5.12. The van der Waals surface area contributed by atoms with E-state index in [1.165, 1.54) is 6.08 Å². The van der Waals surface area contributed by atoms with Crippen molar-refractivity contribution in [2.24, 2.45) is 0 Å². The molecule has 2 rings (SSSR count). The SMILES string of the molecule is COc1ccc(C(=O)C=Cc2ncc[nH]2)cc1. The third-order valence-corrected chi connectivity index (χ3v) is 2.29. The fourth-order valence-corrected chi connectivity index (χ4v) is 1.37. The molecule has 0 fully saturated rings. The van der Waals surface area contributed by atoms with Gasteiger partial charge in [0.15, 0.2) is 5.78 Å². The summed E-state index contributed by atoms with van der Waals surface area (Å²) < 4.78 is 5.02. The number of nitrogens with one attached hydrogen (secondary N) is 1. The summed E-state index contributed by atoms with van der Waals surface area (Å²) in [7, 11) is 1.59. The minimum Gasteiger partial charge on any atom is -0.497 e. The molecule has 0 bridgehead atoms. The van der Waals surface area contributed by atoms with E-state index in [9.17, 15) is 4.79 Å². The number of imidazole rings is 1. The zero-order valence-electron chi connectivity index (χ0n) is 9.38. The van der Waals surface area contributed by atoms with E-state index in [0.29, 0.717) is 11.4 Å². The lowest BCUT2D eigenvalue weighted by molar-refractivity contribution is 0.104. The maximum absolute atomic E-state index is 11.8. The molecular formula is C13H12N2O2. The topological polar surface area (TPSA) is 55.0 Å². The highest BCUT2D eigenvalue weighted by molar-refractivity contribution is 6.06. The summed E-state index contributed by atoms with van der Waals surface area (Å²) >= 11 is 0. The minimum atomic E-state index is -0.0657. The molecule has 4 nitrogen and oxygen atoms in total. The van der Waals surface area contributed by atoms with Gasteiger partial charge in [0.05, 0.1) is 7.11 Å².